The minimum absolute atomic E-state index is 0.121. The van der Waals surface area contributed by atoms with Crippen LogP contribution in [-0.2, 0) is 11.3 Å². The highest BCUT2D eigenvalue weighted by Gasteiger charge is 2.54. The van der Waals surface area contributed by atoms with Gasteiger partial charge in [0.05, 0.1) is 20.8 Å². The molecule has 130 valence electrons. The third kappa shape index (κ3) is 2.60. The van der Waals surface area contributed by atoms with Gasteiger partial charge >= 0.3 is 6.03 Å². The fourth-order valence-corrected chi connectivity index (χ4v) is 3.81. The molecule has 0 bridgehead atoms. The summed E-state index contributed by atoms with van der Waals surface area (Å²) in [5, 5.41) is 2.97. The van der Waals surface area contributed by atoms with Crippen molar-refractivity contribution in [2.24, 2.45) is 5.92 Å². The van der Waals surface area contributed by atoms with Crippen LogP contribution in [0.25, 0.3) is 0 Å². The average molecular weight is 332 g/mol. The highest BCUT2D eigenvalue weighted by atomic mass is 16.5. The molecule has 1 aromatic carbocycles. The minimum atomic E-state index is -0.735. The molecule has 1 N–H and O–H groups in total. The molecule has 0 unspecified atom stereocenters. The monoisotopic (exact) mass is 332 g/mol. The maximum atomic E-state index is 13.0. The second-order valence-electron chi connectivity index (χ2n) is 6.62. The van der Waals surface area contributed by atoms with Crippen LogP contribution in [-0.4, -0.2) is 36.6 Å². The van der Waals surface area contributed by atoms with Gasteiger partial charge in [-0.1, -0.05) is 19.8 Å². The molecule has 1 aromatic rings. The van der Waals surface area contributed by atoms with Crippen molar-refractivity contribution in [2.75, 3.05) is 14.2 Å². The molecular weight excluding hydrogens is 308 g/mol. The minimum Gasteiger partial charge on any atom is -0.497 e. The van der Waals surface area contributed by atoms with E-state index in [1.165, 1.54) is 4.90 Å². The zero-order valence-electron chi connectivity index (χ0n) is 14.4. The Morgan fingerprint density at radius 3 is 2.71 bits per heavy atom. The summed E-state index contributed by atoms with van der Waals surface area (Å²) in [5.41, 5.74) is 0.0161. The number of ether oxygens (including phenoxy) is 2. The highest BCUT2D eigenvalue weighted by molar-refractivity contribution is 6.07. The van der Waals surface area contributed by atoms with Gasteiger partial charge in [0.2, 0.25) is 0 Å². The fourth-order valence-electron chi connectivity index (χ4n) is 3.81. The van der Waals surface area contributed by atoms with Gasteiger partial charge in [-0.2, -0.15) is 0 Å². The van der Waals surface area contributed by atoms with E-state index in [4.69, 9.17) is 9.47 Å². The Kier molecular flexibility index (Phi) is 4.39. The first kappa shape index (κ1) is 16.6. The predicted molar refractivity (Wildman–Crippen MR) is 89.0 cm³/mol. The molecule has 1 spiro atoms. The van der Waals surface area contributed by atoms with Crippen molar-refractivity contribution in [3.8, 4) is 11.5 Å². The second kappa shape index (κ2) is 6.34. The van der Waals surface area contributed by atoms with Gasteiger partial charge in [-0.15, -0.1) is 0 Å². The van der Waals surface area contributed by atoms with Gasteiger partial charge in [-0.3, -0.25) is 9.69 Å². The maximum Gasteiger partial charge on any atom is 0.325 e. The maximum absolute atomic E-state index is 13.0. The van der Waals surface area contributed by atoms with E-state index in [1.54, 1.807) is 32.4 Å². The van der Waals surface area contributed by atoms with Gasteiger partial charge in [-0.05, 0) is 37.0 Å². The number of urea groups is 1. The van der Waals surface area contributed by atoms with E-state index in [-0.39, 0.29) is 24.4 Å². The Labute approximate surface area is 142 Å². The van der Waals surface area contributed by atoms with Crippen LogP contribution in [0.1, 0.15) is 38.2 Å². The van der Waals surface area contributed by atoms with E-state index in [2.05, 4.69) is 5.32 Å². The van der Waals surface area contributed by atoms with Crippen LogP contribution in [0.5, 0.6) is 11.5 Å². The molecule has 0 radical (unpaired) electrons. The molecule has 0 aromatic heterocycles. The lowest BCUT2D eigenvalue weighted by Crippen LogP contribution is -2.53. The SMILES string of the molecule is COc1ccc(OC)c(CN2C(=O)N[C@@]3(CCCC[C@H]3C)C2=O)c1. The smallest absolute Gasteiger partial charge is 0.325 e. The number of carbonyl (C=O) groups is 2. The Hall–Kier alpha value is -2.24. The molecular formula is C18H24N2O4. The number of methoxy groups -OCH3 is 2. The Bertz CT molecular complexity index is 660. The molecule has 2 fully saturated rings. The quantitative estimate of drug-likeness (QED) is 0.861. The zero-order valence-corrected chi connectivity index (χ0v) is 14.4. The van der Waals surface area contributed by atoms with Gasteiger partial charge in [0, 0.05) is 5.56 Å². The molecule has 1 heterocycles. The first-order chi connectivity index (χ1) is 11.5. The van der Waals surface area contributed by atoms with Crippen molar-refractivity contribution in [1.29, 1.82) is 0 Å². The third-order valence-electron chi connectivity index (χ3n) is 5.32. The standard InChI is InChI=1S/C18H24N2O4/c1-12-6-4-5-9-18(12)16(21)20(17(22)19-18)11-13-10-14(23-2)7-8-15(13)24-3/h7-8,10,12H,4-6,9,11H2,1-3H3,(H,19,22)/t12-,18-/m1/s1. The first-order valence-corrected chi connectivity index (χ1v) is 8.37. The van der Waals surface area contributed by atoms with Crippen molar-refractivity contribution in [2.45, 2.75) is 44.7 Å². The molecule has 24 heavy (non-hydrogen) atoms. The number of imide groups is 1. The summed E-state index contributed by atoms with van der Waals surface area (Å²) < 4.78 is 10.6. The molecule has 1 aliphatic carbocycles. The van der Waals surface area contributed by atoms with Crippen LogP contribution in [0.15, 0.2) is 18.2 Å². The van der Waals surface area contributed by atoms with Gasteiger partial charge in [-0.25, -0.2) is 4.79 Å². The summed E-state index contributed by atoms with van der Waals surface area (Å²) in [7, 11) is 3.15. The molecule has 1 aliphatic heterocycles. The third-order valence-corrected chi connectivity index (χ3v) is 5.32. The number of nitrogens with zero attached hydrogens (tertiary/aromatic N) is 1. The van der Waals surface area contributed by atoms with E-state index in [0.29, 0.717) is 17.9 Å². The topological polar surface area (TPSA) is 67.9 Å². The number of hydrogen-bond donors (Lipinski definition) is 1. The normalized spacial score (nSPS) is 26.6. The lowest BCUT2D eigenvalue weighted by atomic mass is 9.73. The molecule has 3 rings (SSSR count). The highest BCUT2D eigenvalue weighted by Crippen LogP contribution is 2.39. The van der Waals surface area contributed by atoms with Crippen LogP contribution in [0.2, 0.25) is 0 Å². The van der Waals surface area contributed by atoms with E-state index in [1.807, 2.05) is 6.92 Å². The van der Waals surface area contributed by atoms with E-state index in [9.17, 15) is 9.59 Å². The van der Waals surface area contributed by atoms with E-state index < -0.39 is 5.54 Å². The molecule has 1 saturated heterocycles. The zero-order chi connectivity index (χ0) is 17.3. The Balaban J connectivity index is 1.88. The number of nitrogens with one attached hydrogen (secondary N) is 1. The Morgan fingerprint density at radius 2 is 2.04 bits per heavy atom. The summed E-state index contributed by atoms with van der Waals surface area (Å²) in [4.78, 5) is 26.8. The summed E-state index contributed by atoms with van der Waals surface area (Å²) in [5.74, 6) is 1.33. The van der Waals surface area contributed by atoms with E-state index >= 15 is 0 Å². The summed E-state index contributed by atoms with van der Waals surface area (Å²) >= 11 is 0. The van der Waals surface area contributed by atoms with Gasteiger partial charge in [0.25, 0.3) is 5.91 Å². The summed E-state index contributed by atoms with van der Waals surface area (Å²) in [6.45, 7) is 2.23. The lowest BCUT2D eigenvalue weighted by Gasteiger charge is -2.36. The molecule has 1 saturated carbocycles. The van der Waals surface area contributed by atoms with Crippen molar-refractivity contribution >= 4 is 11.9 Å². The first-order valence-electron chi connectivity index (χ1n) is 8.37. The molecule has 2 aliphatic rings. The van der Waals surface area contributed by atoms with Gasteiger partial charge in [0.1, 0.15) is 17.0 Å². The van der Waals surface area contributed by atoms with Crippen LogP contribution in [0.4, 0.5) is 4.79 Å². The van der Waals surface area contributed by atoms with Crippen LogP contribution in [0.3, 0.4) is 0 Å². The largest absolute Gasteiger partial charge is 0.497 e. The van der Waals surface area contributed by atoms with E-state index in [0.717, 1.165) is 24.8 Å². The van der Waals surface area contributed by atoms with Crippen molar-refractivity contribution in [3.63, 3.8) is 0 Å². The van der Waals surface area contributed by atoms with Crippen molar-refractivity contribution in [3.05, 3.63) is 23.8 Å². The number of benzene rings is 1. The number of hydrogen-bond acceptors (Lipinski definition) is 4. The van der Waals surface area contributed by atoms with Gasteiger partial charge < -0.3 is 14.8 Å². The second-order valence-corrected chi connectivity index (χ2v) is 6.62. The number of rotatable bonds is 4. The summed E-state index contributed by atoms with van der Waals surface area (Å²) in [6.07, 6.45) is 3.75. The number of amides is 3. The van der Waals surface area contributed by atoms with Gasteiger partial charge in [0.15, 0.2) is 0 Å². The van der Waals surface area contributed by atoms with Crippen molar-refractivity contribution in [1.82, 2.24) is 10.2 Å². The van der Waals surface area contributed by atoms with Crippen LogP contribution in [0, 0.1) is 5.92 Å². The van der Waals surface area contributed by atoms with Crippen LogP contribution < -0.4 is 14.8 Å². The predicted octanol–water partition coefficient (Wildman–Crippen LogP) is 2.70. The molecule has 3 amide bonds. The van der Waals surface area contributed by atoms with Crippen molar-refractivity contribution < 1.29 is 19.1 Å². The Morgan fingerprint density at radius 1 is 1.25 bits per heavy atom. The summed E-state index contributed by atoms with van der Waals surface area (Å²) in [6, 6.07) is 5.05. The van der Waals surface area contributed by atoms with Crippen LogP contribution >= 0.6 is 0 Å². The fraction of sp³-hybridized carbons (Fsp3) is 0.556. The average Bonchev–Trinajstić information content (AvgIpc) is 2.82. The molecule has 6 nitrogen and oxygen atoms in total. The molecule has 2 atom stereocenters. The number of carbonyl (C=O) groups excluding carboxylic acids is 2. The lowest BCUT2D eigenvalue weighted by molar-refractivity contribution is -0.134. The molecule has 6 heteroatoms.